The van der Waals surface area contributed by atoms with Crippen molar-refractivity contribution in [1.82, 2.24) is 9.45 Å². The van der Waals surface area contributed by atoms with Crippen LogP contribution in [0.2, 0.25) is 19.6 Å². The van der Waals surface area contributed by atoms with E-state index < -0.39 is 8.24 Å². The molecule has 10 heavy (non-hydrogen) atoms. The molecular formula is C7H14N2Si. The standard InChI is InChI=1S/C7H14N2Si/c1-7-5-6-8-9(7)10(2,3)4/h5-6H,1-4H3. The van der Waals surface area contributed by atoms with Crippen molar-refractivity contribution in [1.29, 1.82) is 0 Å². The Labute approximate surface area is 63.0 Å². The Kier molecular flexibility index (Phi) is 1.68. The second-order valence-electron chi connectivity index (χ2n) is 3.56. The summed E-state index contributed by atoms with van der Waals surface area (Å²) in [7, 11) is -1.22. The molecule has 0 saturated heterocycles. The predicted octanol–water partition coefficient (Wildman–Crippen LogP) is 1.87. The average Bonchev–Trinajstić information content (AvgIpc) is 2.11. The minimum Gasteiger partial charge on any atom is -0.299 e. The fourth-order valence-corrected chi connectivity index (χ4v) is 2.62. The molecule has 0 N–H and O–H groups in total. The van der Waals surface area contributed by atoms with E-state index in [1.807, 2.05) is 6.20 Å². The van der Waals surface area contributed by atoms with Gasteiger partial charge in [-0.05, 0) is 32.6 Å². The Morgan fingerprint density at radius 1 is 1.40 bits per heavy atom. The van der Waals surface area contributed by atoms with Gasteiger partial charge in [-0.2, -0.15) is 5.10 Å². The number of nitrogens with zero attached hydrogens (tertiary/aromatic N) is 2. The van der Waals surface area contributed by atoms with Crippen molar-refractivity contribution < 1.29 is 0 Å². The monoisotopic (exact) mass is 154 g/mol. The van der Waals surface area contributed by atoms with Crippen LogP contribution in [0.5, 0.6) is 0 Å². The third-order valence-electron chi connectivity index (χ3n) is 1.47. The fraction of sp³-hybridized carbons (Fsp3) is 0.571. The Bertz CT molecular complexity index is 222. The highest BCUT2D eigenvalue weighted by Gasteiger charge is 2.17. The number of hydrogen-bond donors (Lipinski definition) is 0. The van der Waals surface area contributed by atoms with Gasteiger partial charge in [0.15, 0.2) is 8.24 Å². The Hall–Kier alpha value is -0.573. The van der Waals surface area contributed by atoms with Gasteiger partial charge in [-0.15, -0.1) is 0 Å². The minimum absolute atomic E-state index is 1.22. The normalized spacial score (nSPS) is 12.0. The van der Waals surface area contributed by atoms with Gasteiger partial charge in [0.2, 0.25) is 0 Å². The van der Waals surface area contributed by atoms with E-state index in [2.05, 4.69) is 42.1 Å². The second kappa shape index (κ2) is 2.23. The molecule has 3 heteroatoms. The van der Waals surface area contributed by atoms with Crippen LogP contribution in [-0.2, 0) is 0 Å². The van der Waals surface area contributed by atoms with Gasteiger partial charge < -0.3 is 0 Å². The largest absolute Gasteiger partial charge is 0.299 e. The zero-order valence-electron chi connectivity index (χ0n) is 7.05. The quantitative estimate of drug-likeness (QED) is 0.565. The molecule has 0 amide bonds. The molecule has 0 aliphatic rings. The van der Waals surface area contributed by atoms with Crippen molar-refractivity contribution in [3.05, 3.63) is 18.0 Å². The van der Waals surface area contributed by atoms with E-state index in [1.165, 1.54) is 5.69 Å². The highest BCUT2D eigenvalue weighted by atomic mass is 28.3. The van der Waals surface area contributed by atoms with Gasteiger partial charge in [0.05, 0.1) is 0 Å². The molecule has 1 aromatic heterocycles. The molecule has 0 fully saturated rings. The van der Waals surface area contributed by atoms with Crippen LogP contribution < -0.4 is 0 Å². The number of hydrogen-bond acceptors (Lipinski definition) is 1. The topological polar surface area (TPSA) is 17.8 Å². The second-order valence-corrected chi connectivity index (χ2v) is 8.32. The van der Waals surface area contributed by atoms with Gasteiger partial charge in [0.1, 0.15) is 0 Å². The summed E-state index contributed by atoms with van der Waals surface area (Å²) in [6, 6.07) is 2.05. The molecule has 2 nitrogen and oxygen atoms in total. The predicted molar refractivity (Wildman–Crippen MR) is 45.7 cm³/mol. The maximum atomic E-state index is 4.27. The average molecular weight is 154 g/mol. The van der Waals surface area contributed by atoms with E-state index in [9.17, 15) is 0 Å². The minimum atomic E-state index is -1.22. The summed E-state index contributed by atoms with van der Waals surface area (Å²) < 4.78 is 2.16. The van der Waals surface area contributed by atoms with E-state index in [1.54, 1.807) is 0 Å². The lowest BCUT2D eigenvalue weighted by Gasteiger charge is -2.18. The van der Waals surface area contributed by atoms with Crippen molar-refractivity contribution in [3.63, 3.8) is 0 Å². The van der Waals surface area contributed by atoms with Crippen LogP contribution >= 0.6 is 0 Å². The molecule has 0 unspecified atom stereocenters. The van der Waals surface area contributed by atoms with Gasteiger partial charge >= 0.3 is 0 Å². The first-order valence-electron chi connectivity index (χ1n) is 3.53. The van der Waals surface area contributed by atoms with Crippen LogP contribution in [0.3, 0.4) is 0 Å². The summed E-state index contributed by atoms with van der Waals surface area (Å²) in [6.07, 6.45) is 1.87. The molecule has 0 bridgehead atoms. The molecule has 0 aliphatic carbocycles. The van der Waals surface area contributed by atoms with Crippen LogP contribution in [0.25, 0.3) is 0 Å². The molecule has 0 spiro atoms. The van der Waals surface area contributed by atoms with E-state index >= 15 is 0 Å². The maximum absolute atomic E-state index is 4.27. The summed E-state index contributed by atoms with van der Waals surface area (Å²) in [5.41, 5.74) is 1.28. The molecule has 0 atom stereocenters. The summed E-state index contributed by atoms with van der Waals surface area (Å²) in [6.45, 7) is 8.96. The number of aromatic nitrogens is 2. The van der Waals surface area contributed by atoms with Gasteiger partial charge in [0, 0.05) is 11.9 Å². The molecule has 0 saturated carbocycles. The summed E-state index contributed by atoms with van der Waals surface area (Å²) in [5, 5.41) is 4.27. The van der Waals surface area contributed by atoms with E-state index in [4.69, 9.17) is 0 Å². The van der Waals surface area contributed by atoms with Crippen LogP contribution in [0, 0.1) is 6.92 Å². The molecule has 1 heterocycles. The summed E-state index contributed by atoms with van der Waals surface area (Å²) in [4.78, 5) is 0. The third kappa shape index (κ3) is 1.29. The first-order valence-corrected chi connectivity index (χ1v) is 6.97. The van der Waals surface area contributed by atoms with E-state index in [-0.39, 0.29) is 0 Å². The van der Waals surface area contributed by atoms with Crippen molar-refractivity contribution in [3.8, 4) is 0 Å². The zero-order chi connectivity index (χ0) is 7.78. The number of rotatable bonds is 1. The first kappa shape index (κ1) is 7.53. The lowest BCUT2D eigenvalue weighted by atomic mass is 10.5. The van der Waals surface area contributed by atoms with E-state index in [0.717, 1.165) is 0 Å². The molecule has 0 aliphatic heterocycles. The number of aryl methyl sites for hydroxylation is 1. The lowest BCUT2D eigenvalue weighted by Crippen LogP contribution is -2.33. The Morgan fingerprint density at radius 2 is 2.00 bits per heavy atom. The van der Waals surface area contributed by atoms with Crippen molar-refractivity contribution in [2.75, 3.05) is 0 Å². The smallest absolute Gasteiger partial charge is 0.176 e. The fourth-order valence-electron chi connectivity index (χ4n) is 1.07. The lowest BCUT2D eigenvalue weighted by molar-refractivity contribution is 0.898. The van der Waals surface area contributed by atoms with Crippen LogP contribution in [0.1, 0.15) is 5.69 Å². The molecule has 0 aromatic carbocycles. The third-order valence-corrected chi connectivity index (χ3v) is 3.21. The van der Waals surface area contributed by atoms with Gasteiger partial charge in [0.25, 0.3) is 0 Å². The first-order chi connectivity index (χ1) is 4.52. The van der Waals surface area contributed by atoms with Crippen molar-refractivity contribution in [2.45, 2.75) is 26.6 Å². The molecule has 0 radical (unpaired) electrons. The SMILES string of the molecule is Cc1ccnn1[Si](C)(C)C. The summed E-state index contributed by atoms with van der Waals surface area (Å²) >= 11 is 0. The maximum Gasteiger partial charge on any atom is 0.176 e. The van der Waals surface area contributed by atoms with Gasteiger partial charge in [-0.25, -0.2) is 0 Å². The Balaban J connectivity index is 3.05. The Morgan fingerprint density at radius 3 is 2.20 bits per heavy atom. The van der Waals surface area contributed by atoms with Crippen LogP contribution in [-0.4, -0.2) is 17.7 Å². The molecule has 1 rings (SSSR count). The van der Waals surface area contributed by atoms with E-state index in [0.29, 0.717) is 0 Å². The zero-order valence-corrected chi connectivity index (χ0v) is 8.05. The highest BCUT2D eigenvalue weighted by Crippen LogP contribution is 2.07. The molecule has 1 aromatic rings. The van der Waals surface area contributed by atoms with Gasteiger partial charge in [-0.3, -0.25) is 4.35 Å². The highest BCUT2D eigenvalue weighted by molar-refractivity contribution is 6.74. The molecule has 56 valence electrons. The van der Waals surface area contributed by atoms with Crippen LogP contribution in [0.15, 0.2) is 12.3 Å². The van der Waals surface area contributed by atoms with Crippen molar-refractivity contribution in [2.24, 2.45) is 0 Å². The van der Waals surface area contributed by atoms with Gasteiger partial charge in [-0.1, -0.05) is 0 Å². The van der Waals surface area contributed by atoms with Crippen molar-refractivity contribution >= 4 is 8.24 Å². The summed E-state index contributed by atoms with van der Waals surface area (Å²) in [5.74, 6) is 0. The molecular weight excluding hydrogens is 140 g/mol. The van der Waals surface area contributed by atoms with Crippen LogP contribution in [0.4, 0.5) is 0 Å².